The van der Waals surface area contributed by atoms with Crippen LogP contribution in [-0.4, -0.2) is 65.8 Å². The number of fused-ring (bicyclic) bond motifs is 2. The van der Waals surface area contributed by atoms with Crippen LogP contribution in [0.5, 0.6) is 0 Å². The molecule has 3 unspecified atom stereocenters. The van der Waals surface area contributed by atoms with Crippen LogP contribution in [0.1, 0.15) is 26.2 Å². The Morgan fingerprint density at radius 3 is 2.69 bits per heavy atom. The van der Waals surface area contributed by atoms with Crippen LogP contribution >= 0.6 is 0 Å². The zero-order chi connectivity index (χ0) is 11.8. The standard InChI is InChI=1S/C12H25N3O/c1-12(13,9-16)8-15-6-5-10-3-4-11(7-15)14(10)2/h10-11,16H,3-9,13H2,1-2H3. The molecule has 4 nitrogen and oxygen atoms in total. The van der Waals surface area contributed by atoms with E-state index in [4.69, 9.17) is 5.73 Å². The Morgan fingerprint density at radius 2 is 2.00 bits per heavy atom. The number of likely N-dealkylation sites (N-methyl/N-ethyl adjacent to an activating group) is 1. The molecule has 2 saturated heterocycles. The Balaban J connectivity index is 1.94. The van der Waals surface area contributed by atoms with Gasteiger partial charge in [-0.15, -0.1) is 0 Å². The van der Waals surface area contributed by atoms with Crippen molar-refractivity contribution in [3.63, 3.8) is 0 Å². The van der Waals surface area contributed by atoms with E-state index in [1.54, 1.807) is 0 Å². The Kier molecular flexibility index (Phi) is 3.54. The monoisotopic (exact) mass is 227 g/mol. The minimum absolute atomic E-state index is 0.0629. The highest BCUT2D eigenvalue weighted by atomic mass is 16.3. The molecule has 0 aliphatic carbocycles. The van der Waals surface area contributed by atoms with Gasteiger partial charge < -0.3 is 10.8 Å². The lowest BCUT2D eigenvalue weighted by Crippen LogP contribution is -2.52. The van der Waals surface area contributed by atoms with E-state index < -0.39 is 5.54 Å². The second kappa shape index (κ2) is 4.61. The number of aliphatic hydroxyl groups is 1. The molecule has 3 N–H and O–H groups in total. The van der Waals surface area contributed by atoms with Gasteiger partial charge in [-0.05, 0) is 39.8 Å². The summed E-state index contributed by atoms with van der Waals surface area (Å²) in [6.07, 6.45) is 3.92. The van der Waals surface area contributed by atoms with Gasteiger partial charge in [-0.25, -0.2) is 0 Å². The van der Waals surface area contributed by atoms with E-state index in [2.05, 4.69) is 16.8 Å². The maximum atomic E-state index is 9.22. The van der Waals surface area contributed by atoms with E-state index >= 15 is 0 Å². The first-order valence-corrected chi connectivity index (χ1v) is 6.36. The smallest absolute Gasteiger partial charge is 0.0621 e. The lowest BCUT2D eigenvalue weighted by Gasteiger charge is -2.32. The second-order valence-corrected chi connectivity index (χ2v) is 5.89. The van der Waals surface area contributed by atoms with Crippen LogP contribution in [0.4, 0.5) is 0 Å². The fourth-order valence-electron chi connectivity index (χ4n) is 3.08. The maximum Gasteiger partial charge on any atom is 0.0621 e. The van der Waals surface area contributed by atoms with E-state index in [-0.39, 0.29) is 6.61 Å². The summed E-state index contributed by atoms with van der Waals surface area (Å²) in [6, 6.07) is 1.47. The summed E-state index contributed by atoms with van der Waals surface area (Å²) in [6.45, 7) is 5.03. The van der Waals surface area contributed by atoms with Crippen LogP contribution in [0.25, 0.3) is 0 Å². The zero-order valence-electron chi connectivity index (χ0n) is 10.5. The van der Waals surface area contributed by atoms with Gasteiger partial charge >= 0.3 is 0 Å². The van der Waals surface area contributed by atoms with E-state index in [1.165, 1.54) is 19.3 Å². The molecule has 16 heavy (non-hydrogen) atoms. The van der Waals surface area contributed by atoms with Crippen LogP contribution in [0, 0.1) is 0 Å². The van der Waals surface area contributed by atoms with Crippen molar-refractivity contribution in [2.75, 3.05) is 33.3 Å². The van der Waals surface area contributed by atoms with Crippen LogP contribution in [-0.2, 0) is 0 Å². The number of likely N-dealkylation sites (tertiary alicyclic amines) is 1. The molecule has 2 rings (SSSR count). The molecule has 0 radical (unpaired) electrons. The fraction of sp³-hybridized carbons (Fsp3) is 1.00. The molecule has 0 aromatic heterocycles. The number of hydrogen-bond donors (Lipinski definition) is 2. The van der Waals surface area contributed by atoms with Gasteiger partial charge in [-0.2, -0.15) is 0 Å². The largest absolute Gasteiger partial charge is 0.394 e. The molecule has 2 heterocycles. The first-order valence-electron chi connectivity index (χ1n) is 6.36. The molecule has 4 heteroatoms. The van der Waals surface area contributed by atoms with Crippen molar-refractivity contribution in [2.24, 2.45) is 5.73 Å². The van der Waals surface area contributed by atoms with Gasteiger partial charge in [0.2, 0.25) is 0 Å². The average molecular weight is 227 g/mol. The molecule has 0 saturated carbocycles. The molecule has 2 aliphatic rings. The fourth-order valence-corrected chi connectivity index (χ4v) is 3.08. The van der Waals surface area contributed by atoms with Crippen LogP contribution in [0.2, 0.25) is 0 Å². The average Bonchev–Trinajstić information content (AvgIpc) is 2.47. The molecular formula is C12H25N3O. The van der Waals surface area contributed by atoms with Crippen molar-refractivity contribution < 1.29 is 5.11 Å². The summed E-state index contributed by atoms with van der Waals surface area (Å²) in [4.78, 5) is 4.96. The summed E-state index contributed by atoms with van der Waals surface area (Å²) < 4.78 is 0. The lowest BCUT2D eigenvalue weighted by atomic mass is 10.0. The zero-order valence-corrected chi connectivity index (χ0v) is 10.5. The topological polar surface area (TPSA) is 52.7 Å². The third kappa shape index (κ3) is 2.56. The van der Waals surface area contributed by atoms with Crippen molar-refractivity contribution >= 4 is 0 Å². The number of hydrogen-bond acceptors (Lipinski definition) is 4. The van der Waals surface area contributed by atoms with Gasteiger partial charge in [0.15, 0.2) is 0 Å². The highest BCUT2D eigenvalue weighted by Crippen LogP contribution is 2.28. The molecule has 0 amide bonds. The SMILES string of the molecule is CN1C2CCC1CN(CC(C)(N)CO)CC2. The van der Waals surface area contributed by atoms with Crippen LogP contribution in [0.15, 0.2) is 0 Å². The van der Waals surface area contributed by atoms with Gasteiger partial charge in [0, 0.05) is 30.7 Å². The van der Waals surface area contributed by atoms with Gasteiger partial charge in [0.1, 0.15) is 0 Å². The quantitative estimate of drug-likeness (QED) is 0.705. The molecule has 2 bridgehead atoms. The Hall–Kier alpha value is -0.160. The summed E-state index contributed by atoms with van der Waals surface area (Å²) in [5.41, 5.74) is 5.57. The number of aliphatic hydroxyl groups excluding tert-OH is 1. The third-order valence-electron chi connectivity index (χ3n) is 4.18. The highest BCUT2D eigenvalue weighted by Gasteiger charge is 2.35. The van der Waals surface area contributed by atoms with E-state index in [0.717, 1.165) is 25.7 Å². The maximum absolute atomic E-state index is 9.22. The van der Waals surface area contributed by atoms with Crippen molar-refractivity contribution in [1.82, 2.24) is 9.80 Å². The highest BCUT2D eigenvalue weighted by molar-refractivity contribution is 4.93. The summed E-state index contributed by atoms with van der Waals surface area (Å²) in [5, 5.41) is 9.22. The second-order valence-electron chi connectivity index (χ2n) is 5.89. The predicted octanol–water partition coefficient (Wildman–Crippen LogP) is -0.135. The van der Waals surface area contributed by atoms with Crippen molar-refractivity contribution in [1.29, 1.82) is 0 Å². The minimum atomic E-state index is -0.456. The van der Waals surface area contributed by atoms with Gasteiger partial charge in [-0.1, -0.05) is 0 Å². The Labute approximate surface area is 98.4 Å². The first-order chi connectivity index (χ1) is 7.52. The van der Waals surface area contributed by atoms with E-state index in [9.17, 15) is 5.11 Å². The Bertz CT molecular complexity index is 244. The van der Waals surface area contributed by atoms with Gasteiger partial charge in [0.25, 0.3) is 0 Å². The van der Waals surface area contributed by atoms with Crippen molar-refractivity contribution in [3.05, 3.63) is 0 Å². The molecule has 0 aromatic rings. The summed E-state index contributed by atoms with van der Waals surface area (Å²) in [7, 11) is 2.25. The Morgan fingerprint density at radius 1 is 1.31 bits per heavy atom. The normalized spacial score (nSPS) is 36.0. The molecule has 3 atom stereocenters. The van der Waals surface area contributed by atoms with Gasteiger partial charge in [-0.3, -0.25) is 9.80 Å². The lowest BCUT2D eigenvalue weighted by molar-refractivity contribution is 0.139. The third-order valence-corrected chi connectivity index (χ3v) is 4.18. The summed E-state index contributed by atoms with van der Waals surface area (Å²) in [5.74, 6) is 0. The van der Waals surface area contributed by atoms with Crippen molar-refractivity contribution in [2.45, 2.75) is 43.8 Å². The predicted molar refractivity (Wildman–Crippen MR) is 65.3 cm³/mol. The minimum Gasteiger partial charge on any atom is -0.394 e. The van der Waals surface area contributed by atoms with Crippen molar-refractivity contribution in [3.8, 4) is 0 Å². The van der Waals surface area contributed by atoms with Crippen LogP contribution < -0.4 is 5.73 Å². The van der Waals surface area contributed by atoms with Crippen LogP contribution in [0.3, 0.4) is 0 Å². The molecule has 2 fully saturated rings. The molecule has 2 aliphatic heterocycles. The number of rotatable bonds is 3. The number of nitrogens with zero attached hydrogens (tertiary/aromatic N) is 2. The molecule has 0 spiro atoms. The number of nitrogens with two attached hydrogens (primary N) is 1. The van der Waals surface area contributed by atoms with Gasteiger partial charge in [0.05, 0.1) is 6.61 Å². The van der Waals surface area contributed by atoms with E-state index in [0.29, 0.717) is 6.04 Å². The summed E-state index contributed by atoms with van der Waals surface area (Å²) >= 11 is 0. The first kappa shape index (κ1) is 12.3. The molecule has 0 aromatic carbocycles. The molecule has 94 valence electrons. The molecular weight excluding hydrogens is 202 g/mol. The van der Waals surface area contributed by atoms with E-state index in [1.807, 2.05) is 6.92 Å².